The van der Waals surface area contributed by atoms with E-state index in [2.05, 4.69) is 20.3 Å². The second-order valence-electron chi connectivity index (χ2n) is 7.60. The molecule has 33 heavy (non-hydrogen) atoms. The Morgan fingerprint density at radius 3 is 2.76 bits per heavy atom. The number of aromatic nitrogens is 4. The van der Waals surface area contributed by atoms with Gasteiger partial charge in [0.2, 0.25) is 5.89 Å². The van der Waals surface area contributed by atoms with Crippen molar-refractivity contribution in [2.45, 2.75) is 26.8 Å². The zero-order valence-corrected chi connectivity index (χ0v) is 19.0. The van der Waals surface area contributed by atoms with Crippen LogP contribution >= 0.6 is 11.6 Å². The number of carbonyl (C=O) groups is 2. The van der Waals surface area contributed by atoms with Crippen LogP contribution in [-0.2, 0) is 17.8 Å². The molecule has 0 radical (unpaired) electrons. The molecule has 0 spiro atoms. The molecule has 0 saturated carbocycles. The molecule has 0 saturated heterocycles. The fourth-order valence-electron chi connectivity index (χ4n) is 3.37. The van der Waals surface area contributed by atoms with Gasteiger partial charge >= 0.3 is 0 Å². The number of pyridine rings is 1. The minimum Gasteiger partial charge on any atom is -0.435 e. The molecule has 168 valence electrons. The number of aryl methyl sites for hydroxylation is 1. The van der Waals surface area contributed by atoms with Gasteiger partial charge < -0.3 is 14.3 Å². The zero-order valence-electron chi connectivity index (χ0n) is 18.2. The lowest BCUT2D eigenvalue weighted by molar-refractivity contribution is -0.116. The van der Waals surface area contributed by atoms with Gasteiger partial charge in [-0.05, 0) is 37.6 Å². The molecule has 8 nitrogen and oxygen atoms in total. The lowest BCUT2D eigenvalue weighted by Crippen LogP contribution is -2.27. The molecule has 0 aliphatic rings. The van der Waals surface area contributed by atoms with Crippen LogP contribution < -0.4 is 5.32 Å². The first-order chi connectivity index (χ1) is 15.9. The molecule has 0 fully saturated rings. The Morgan fingerprint density at radius 2 is 2.03 bits per heavy atom. The van der Waals surface area contributed by atoms with Crippen molar-refractivity contribution >= 4 is 23.3 Å². The fourth-order valence-corrected chi connectivity index (χ4v) is 3.59. The summed E-state index contributed by atoms with van der Waals surface area (Å²) in [5.74, 6) is 0.157. The van der Waals surface area contributed by atoms with Crippen LogP contribution in [0.5, 0.6) is 0 Å². The predicted octanol–water partition coefficient (Wildman–Crippen LogP) is 4.12. The van der Waals surface area contributed by atoms with E-state index in [4.69, 9.17) is 16.0 Å². The van der Waals surface area contributed by atoms with Gasteiger partial charge in [-0.2, -0.15) is 0 Å². The second kappa shape index (κ2) is 9.79. The molecule has 0 aliphatic carbocycles. The number of benzene rings is 1. The van der Waals surface area contributed by atoms with Gasteiger partial charge in [0.15, 0.2) is 11.5 Å². The number of rotatable bonds is 8. The van der Waals surface area contributed by atoms with Gasteiger partial charge in [-0.25, -0.2) is 9.97 Å². The Bertz CT molecular complexity index is 1300. The molecular weight excluding hydrogens is 442 g/mol. The van der Waals surface area contributed by atoms with Crippen molar-refractivity contribution in [1.29, 1.82) is 0 Å². The van der Waals surface area contributed by atoms with Crippen LogP contribution in [0.15, 0.2) is 59.7 Å². The highest BCUT2D eigenvalue weighted by molar-refractivity contribution is 6.33. The van der Waals surface area contributed by atoms with Crippen LogP contribution in [0.4, 0.5) is 0 Å². The van der Waals surface area contributed by atoms with Gasteiger partial charge in [0, 0.05) is 54.9 Å². The monoisotopic (exact) mass is 463 g/mol. The van der Waals surface area contributed by atoms with Crippen LogP contribution in [-0.4, -0.2) is 37.8 Å². The number of Topliss-reactive ketones (excluding diaryl/α,β-unsaturated/α-hetero) is 1. The van der Waals surface area contributed by atoms with E-state index in [0.717, 1.165) is 5.56 Å². The average Bonchev–Trinajstić information content (AvgIpc) is 3.45. The van der Waals surface area contributed by atoms with E-state index in [1.54, 1.807) is 43.0 Å². The smallest absolute Gasteiger partial charge is 0.274 e. The predicted molar refractivity (Wildman–Crippen MR) is 124 cm³/mol. The minimum absolute atomic E-state index is 0.000535. The molecule has 3 heterocycles. The highest BCUT2D eigenvalue weighted by Crippen LogP contribution is 2.35. The van der Waals surface area contributed by atoms with Gasteiger partial charge in [0.1, 0.15) is 5.78 Å². The van der Waals surface area contributed by atoms with Gasteiger partial charge in [0.25, 0.3) is 5.91 Å². The van der Waals surface area contributed by atoms with E-state index in [9.17, 15) is 9.59 Å². The number of hydrogen-bond acceptors (Lipinski definition) is 6. The van der Waals surface area contributed by atoms with Crippen molar-refractivity contribution in [3.63, 3.8) is 0 Å². The number of hydrogen-bond donors (Lipinski definition) is 1. The summed E-state index contributed by atoms with van der Waals surface area (Å²) in [4.78, 5) is 37.4. The van der Waals surface area contributed by atoms with E-state index >= 15 is 0 Å². The third-order valence-corrected chi connectivity index (χ3v) is 5.33. The summed E-state index contributed by atoms with van der Waals surface area (Å²) in [5, 5.41) is 3.31. The third kappa shape index (κ3) is 5.18. The normalized spacial score (nSPS) is 10.9. The second-order valence-corrected chi connectivity index (χ2v) is 8.01. The molecule has 1 amide bonds. The van der Waals surface area contributed by atoms with Crippen molar-refractivity contribution < 1.29 is 14.0 Å². The molecule has 4 aromatic rings. The molecule has 0 atom stereocenters. The van der Waals surface area contributed by atoms with Gasteiger partial charge in [-0.1, -0.05) is 23.7 Å². The number of nitrogens with one attached hydrogen (secondary N) is 1. The quantitative estimate of drug-likeness (QED) is 0.421. The van der Waals surface area contributed by atoms with E-state index in [1.807, 2.05) is 23.8 Å². The lowest BCUT2D eigenvalue weighted by atomic mass is 10.1. The number of oxazole rings is 1. The Morgan fingerprint density at radius 1 is 1.21 bits per heavy atom. The number of carbonyl (C=O) groups excluding carboxylic acids is 2. The van der Waals surface area contributed by atoms with Crippen molar-refractivity contribution in [3.8, 4) is 22.8 Å². The molecule has 3 aromatic heterocycles. The van der Waals surface area contributed by atoms with Crippen LogP contribution in [0.1, 0.15) is 28.7 Å². The summed E-state index contributed by atoms with van der Waals surface area (Å²) >= 11 is 6.40. The summed E-state index contributed by atoms with van der Waals surface area (Å²) in [6, 6.07) is 8.87. The number of halogens is 1. The van der Waals surface area contributed by atoms with Crippen LogP contribution in [0.25, 0.3) is 22.8 Å². The third-order valence-electron chi connectivity index (χ3n) is 5.00. The molecule has 4 rings (SSSR count). The molecule has 1 aromatic carbocycles. The first-order valence-electron chi connectivity index (χ1n) is 10.4. The molecular formula is C24H22ClN5O3. The summed E-state index contributed by atoms with van der Waals surface area (Å²) in [6.07, 6.45) is 7.05. The highest BCUT2D eigenvalue weighted by Gasteiger charge is 2.24. The van der Waals surface area contributed by atoms with Crippen LogP contribution in [0.3, 0.4) is 0 Å². The maximum absolute atomic E-state index is 13.1. The lowest BCUT2D eigenvalue weighted by Gasteiger charge is -2.06. The van der Waals surface area contributed by atoms with E-state index in [0.29, 0.717) is 34.9 Å². The SMILES string of the molecule is CC(=O)Cc1cc(-c2nc(C(=O)NCCn3ccnc3)c(-c3ccccc3Cl)o2)c(C)cn1. The average molecular weight is 464 g/mol. The summed E-state index contributed by atoms with van der Waals surface area (Å²) in [5.41, 5.74) is 2.77. The summed E-state index contributed by atoms with van der Waals surface area (Å²) in [6.45, 7) is 4.32. The summed E-state index contributed by atoms with van der Waals surface area (Å²) < 4.78 is 7.96. The maximum atomic E-state index is 13.1. The zero-order chi connectivity index (χ0) is 23.4. The first kappa shape index (κ1) is 22.4. The van der Waals surface area contributed by atoms with Crippen molar-refractivity contribution in [3.05, 3.63) is 77.2 Å². The van der Waals surface area contributed by atoms with Crippen LogP contribution in [0.2, 0.25) is 5.02 Å². The molecule has 0 aliphatic heterocycles. The van der Waals surface area contributed by atoms with Crippen molar-refractivity contribution in [2.75, 3.05) is 6.54 Å². The largest absolute Gasteiger partial charge is 0.435 e. The standard InChI is InChI=1S/C24H22ClN5O3/c1-15-13-28-17(11-16(2)31)12-19(15)24-29-21(22(33-24)18-5-3-4-6-20(18)25)23(32)27-8-10-30-9-7-26-14-30/h3-7,9,12-14H,8,10-11H2,1-2H3,(H,27,32). The Balaban J connectivity index is 1.71. The first-order valence-corrected chi connectivity index (χ1v) is 10.7. The van der Waals surface area contributed by atoms with E-state index < -0.39 is 0 Å². The Kier molecular flexibility index (Phi) is 6.65. The number of amides is 1. The van der Waals surface area contributed by atoms with E-state index in [-0.39, 0.29) is 35.5 Å². The Hall–Kier alpha value is -3.78. The van der Waals surface area contributed by atoms with Gasteiger partial charge in [-0.3, -0.25) is 14.6 Å². The molecule has 0 bridgehead atoms. The highest BCUT2D eigenvalue weighted by atomic mass is 35.5. The van der Waals surface area contributed by atoms with Gasteiger partial charge in [-0.15, -0.1) is 0 Å². The topological polar surface area (TPSA) is 103 Å². The molecule has 1 N–H and O–H groups in total. The molecule has 9 heteroatoms. The maximum Gasteiger partial charge on any atom is 0.274 e. The number of ketones is 1. The number of imidazole rings is 1. The fraction of sp³-hybridized carbons (Fsp3) is 0.208. The van der Waals surface area contributed by atoms with Crippen molar-refractivity contribution in [2.24, 2.45) is 0 Å². The van der Waals surface area contributed by atoms with Gasteiger partial charge in [0.05, 0.1) is 11.3 Å². The Labute approximate surface area is 195 Å². The minimum atomic E-state index is -0.379. The molecule has 0 unspecified atom stereocenters. The van der Waals surface area contributed by atoms with Crippen molar-refractivity contribution in [1.82, 2.24) is 24.8 Å². The summed E-state index contributed by atoms with van der Waals surface area (Å²) in [7, 11) is 0. The van der Waals surface area contributed by atoms with Crippen LogP contribution in [0, 0.1) is 6.92 Å². The number of nitrogens with zero attached hydrogens (tertiary/aromatic N) is 4. The van der Waals surface area contributed by atoms with E-state index in [1.165, 1.54) is 6.92 Å².